The summed E-state index contributed by atoms with van der Waals surface area (Å²) in [5.41, 5.74) is 5.04. The van der Waals surface area contributed by atoms with E-state index in [-0.39, 0.29) is 11.3 Å². The fraction of sp³-hybridized carbons (Fsp3) is 0.154. The van der Waals surface area contributed by atoms with Crippen molar-refractivity contribution in [2.24, 2.45) is 0 Å². The van der Waals surface area contributed by atoms with Crippen molar-refractivity contribution < 1.29 is 17.9 Å². The number of halogens is 3. The van der Waals surface area contributed by atoms with Crippen LogP contribution in [0.25, 0.3) is 11.1 Å². The zero-order chi connectivity index (χ0) is 14.0. The third kappa shape index (κ3) is 2.78. The molecule has 0 unspecified atom stereocenters. The Morgan fingerprint density at radius 1 is 1.16 bits per heavy atom. The van der Waals surface area contributed by atoms with E-state index in [4.69, 9.17) is 10.5 Å². The second-order valence-corrected chi connectivity index (χ2v) is 3.92. The average molecular weight is 268 g/mol. The maximum atomic E-state index is 13.0. The van der Waals surface area contributed by atoms with Crippen molar-refractivity contribution in [1.29, 1.82) is 0 Å². The lowest BCUT2D eigenvalue weighted by Crippen LogP contribution is -2.08. The molecular weight excluding hydrogens is 257 g/mol. The zero-order valence-electron chi connectivity index (χ0n) is 10.0. The van der Waals surface area contributed by atoms with Gasteiger partial charge in [0, 0.05) is 17.4 Å². The summed E-state index contributed by atoms with van der Waals surface area (Å²) < 4.78 is 43.9. The van der Waals surface area contributed by atoms with Gasteiger partial charge in [-0.25, -0.2) is 0 Å². The Morgan fingerprint density at radius 3 is 2.53 bits per heavy atom. The summed E-state index contributed by atoms with van der Waals surface area (Å²) in [6.45, 7) is 0. The average Bonchev–Trinajstić information content (AvgIpc) is 2.37. The van der Waals surface area contributed by atoms with Crippen molar-refractivity contribution in [2.45, 2.75) is 6.18 Å². The molecule has 0 radical (unpaired) electrons. The number of anilines is 1. The maximum absolute atomic E-state index is 13.0. The summed E-state index contributed by atoms with van der Waals surface area (Å²) in [5, 5.41) is 0. The Hall–Kier alpha value is -2.24. The molecule has 0 aliphatic rings. The fourth-order valence-corrected chi connectivity index (χ4v) is 1.73. The summed E-state index contributed by atoms with van der Waals surface area (Å²) in [6, 6.07) is 5.15. The number of pyridine rings is 1. The van der Waals surface area contributed by atoms with Gasteiger partial charge in [0.15, 0.2) is 0 Å². The van der Waals surface area contributed by atoms with E-state index in [2.05, 4.69) is 4.98 Å². The van der Waals surface area contributed by atoms with E-state index in [1.165, 1.54) is 37.7 Å². The first-order valence-corrected chi connectivity index (χ1v) is 5.38. The number of nitrogens with two attached hydrogens (primary N) is 1. The summed E-state index contributed by atoms with van der Waals surface area (Å²) >= 11 is 0. The minimum atomic E-state index is -4.48. The molecule has 0 saturated heterocycles. The van der Waals surface area contributed by atoms with Crippen LogP contribution in [0.2, 0.25) is 0 Å². The monoisotopic (exact) mass is 268 g/mol. The van der Waals surface area contributed by atoms with Crippen LogP contribution in [0, 0.1) is 0 Å². The predicted molar refractivity (Wildman–Crippen MR) is 65.6 cm³/mol. The first kappa shape index (κ1) is 13.2. The van der Waals surface area contributed by atoms with Crippen molar-refractivity contribution in [3.63, 3.8) is 0 Å². The van der Waals surface area contributed by atoms with Gasteiger partial charge >= 0.3 is 6.18 Å². The molecule has 0 spiro atoms. The molecule has 0 bridgehead atoms. The van der Waals surface area contributed by atoms with Crippen molar-refractivity contribution >= 4 is 5.69 Å². The van der Waals surface area contributed by atoms with Gasteiger partial charge in [0.05, 0.1) is 18.9 Å². The maximum Gasteiger partial charge on any atom is 0.417 e. The third-order valence-corrected chi connectivity index (χ3v) is 2.61. The molecule has 6 heteroatoms. The molecule has 100 valence electrons. The van der Waals surface area contributed by atoms with Gasteiger partial charge < -0.3 is 10.5 Å². The lowest BCUT2D eigenvalue weighted by atomic mass is 10.00. The molecule has 3 nitrogen and oxygen atoms in total. The smallest absolute Gasteiger partial charge is 0.417 e. The summed E-state index contributed by atoms with van der Waals surface area (Å²) in [6.07, 6.45) is -1.70. The van der Waals surface area contributed by atoms with Gasteiger partial charge in [-0.05, 0) is 23.8 Å². The number of nitrogens with zero attached hydrogens (tertiary/aromatic N) is 1. The number of alkyl halides is 3. The third-order valence-electron chi connectivity index (χ3n) is 2.61. The normalized spacial score (nSPS) is 11.4. The van der Waals surface area contributed by atoms with Crippen LogP contribution in [0.15, 0.2) is 36.7 Å². The van der Waals surface area contributed by atoms with Gasteiger partial charge in [0.25, 0.3) is 0 Å². The molecule has 0 saturated carbocycles. The second-order valence-electron chi connectivity index (χ2n) is 3.92. The Morgan fingerprint density at radius 2 is 1.89 bits per heavy atom. The molecule has 0 atom stereocenters. The summed E-state index contributed by atoms with van der Waals surface area (Å²) in [7, 11) is 1.43. The lowest BCUT2D eigenvalue weighted by Gasteiger charge is -2.14. The number of benzene rings is 1. The molecule has 19 heavy (non-hydrogen) atoms. The van der Waals surface area contributed by atoms with E-state index >= 15 is 0 Å². The molecule has 1 aromatic carbocycles. The Balaban J connectivity index is 2.61. The molecule has 0 fully saturated rings. The molecule has 2 aromatic rings. The molecule has 0 aliphatic carbocycles. The largest absolute Gasteiger partial charge is 0.495 e. The van der Waals surface area contributed by atoms with Gasteiger partial charge in [-0.1, -0.05) is 6.07 Å². The fourth-order valence-electron chi connectivity index (χ4n) is 1.73. The number of nitrogen functional groups attached to an aromatic ring is 1. The molecular formula is C13H11F3N2O. The van der Waals surface area contributed by atoms with Crippen molar-refractivity contribution in [2.75, 3.05) is 12.8 Å². The van der Waals surface area contributed by atoms with E-state index < -0.39 is 11.7 Å². The van der Waals surface area contributed by atoms with Crippen LogP contribution >= 0.6 is 0 Å². The first-order chi connectivity index (χ1) is 8.91. The number of rotatable bonds is 2. The number of hydrogen-bond donors (Lipinski definition) is 1. The van der Waals surface area contributed by atoms with Crippen LogP contribution in [0.4, 0.5) is 18.9 Å². The Bertz CT molecular complexity index is 597. The van der Waals surface area contributed by atoms with Gasteiger partial charge in [-0.2, -0.15) is 13.2 Å². The Kier molecular flexibility index (Phi) is 3.33. The van der Waals surface area contributed by atoms with Crippen LogP contribution in [-0.4, -0.2) is 12.1 Å². The summed E-state index contributed by atoms with van der Waals surface area (Å²) in [5.74, 6) is 0.391. The van der Waals surface area contributed by atoms with Crippen LogP contribution in [0.3, 0.4) is 0 Å². The summed E-state index contributed by atoms with van der Waals surface area (Å²) in [4.78, 5) is 3.85. The molecule has 0 aliphatic heterocycles. The molecule has 2 rings (SSSR count). The highest BCUT2D eigenvalue weighted by atomic mass is 19.4. The highest BCUT2D eigenvalue weighted by molar-refractivity contribution is 5.70. The molecule has 1 aromatic heterocycles. The highest BCUT2D eigenvalue weighted by Crippen LogP contribution is 2.38. The number of hydrogen-bond acceptors (Lipinski definition) is 3. The van der Waals surface area contributed by atoms with Crippen LogP contribution in [-0.2, 0) is 6.18 Å². The molecule has 2 N–H and O–H groups in total. The number of aromatic nitrogens is 1. The van der Waals surface area contributed by atoms with Crippen LogP contribution < -0.4 is 10.5 Å². The first-order valence-electron chi connectivity index (χ1n) is 5.38. The van der Waals surface area contributed by atoms with Gasteiger partial charge in [0.2, 0.25) is 0 Å². The van der Waals surface area contributed by atoms with E-state index in [9.17, 15) is 13.2 Å². The lowest BCUT2D eigenvalue weighted by molar-refractivity contribution is -0.137. The number of methoxy groups -OCH3 is 1. The quantitative estimate of drug-likeness (QED) is 0.849. The van der Waals surface area contributed by atoms with Gasteiger partial charge in [-0.3, -0.25) is 4.98 Å². The van der Waals surface area contributed by atoms with E-state index in [1.807, 2.05) is 0 Å². The minimum Gasteiger partial charge on any atom is -0.495 e. The minimum absolute atomic E-state index is 0.0214. The topological polar surface area (TPSA) is 48.1 Å². The van der Waals surface area contributed by atoms with E-state index in [0.29, 0.717) is 11.3 Å². The molecule has 0 amide bonds. The van der Waals surface area contributed by atoms with Gasteiger partial charge in [0.1, 0.15) is 5.75 Å². The highest BCUT2D eigenvalue weighted by Gasteiger charge is 2.34. The van der Waals surface area contributed by atoms with Crippen LogP contribution in [0.1, 0.15) is 5.56 Å². The van der Waals surface area contributed by atoms with Crippen LogP contribution in [0.5, 0.6) is 5.75 Å². The predicted octanol–water partition coefficient (Wildman–Crippen LogP) is 3.36. The van der Waals surface area contributed by atoms with E-state index in [0.717, 1.165) is 6.07 Å². The standard InChI is InChI=1S/C13H11F3N2O/c1-19-10-4-8(6-18-7-10)11-3-2-9(17)5-12(11)13(14,15)16/h2-7H,17H2,1H3. The van der Waals surface area contributed by atoms with Crippen molar-refractivity contribution in [1.82, 2.24) is 4.98 Å². The van der Waals surface area contributed by atoms with Crippen molar-refractivity contribution in [3.05, 3.63) is 42.2 Å². The number of ether oxygens (including phenoxy) is 1. The van der Waals surface area contributed by atoms with Crippen molar-refractivity contribution in [3.8, 4) is 16.9 Å². The second kappa shape index (κ2) is 4.79. The molecule has 1 heterocycles. The van der Waals surface area contributed by atoms with E-state index in [1.54, 1.807) is 0 Å². The Labute approximate surface area is 107 Å². The zero-order valence-corrected chi connectivity index (χ0v) is 10.0. The SMILES string of the molecule is COc1cncc(-c2ccc(N)cc2C(F)(F)F)c1. The van der Waals surface area contributed by atoms with Gasteiger partial charge in [-0.15, -0.1) is 0 Å².